The van der Waals surface area contributed by atoms with E-state index in [0.717, 1.165) is 0 Å². The third kappa shape index (κ3) is 2.65. The monoisotopic (exact) mass is 245 g/mol. The van der Waals surface area contributed by atoms with Gasteiger partial charge in [0, 0.05) is 18.9 Å². The fourth-order valence-electron chi connectivity index (χ4n) is 1.67. The van der Waals surface area contributed by atoms with Gasteiger partial charge in [-0.05, 0) is 25.1 Å². The molecule has 18 heavy (non-hydrogen) atoms. The Morgan fingerprint density at radius 1 is 1.56 bits per heavy atom. The number of rotatable bonds is 4. The molecule has 0 radical (unpaired) electrons. The molecule has 1 amide bonds. The van der Waals surface area contributed by atoms with Crippen LogP contribution in [0.2, 0.25) is 0 Å². The van der Waals surface area contributed by atoms with E-state index in [1.54, 1.807) is 35.2 Å². The van der Waals surface area contributed by atoms with Crippen molar-refractivity contribution in [2.75, 3.05) is 5.73 Å². The van der Waals surface area contributed by atoms with E-state index in [1.165, 1.54) is 0 Å². The average Bonchev–Trinajstić information content (AvgIpc) is 2.78. The van der Waals surface area contributed by atoms with Gasteiger partial charge in [-0.25, -0.2) is 0 Å². The Labute approximate surface area is 105 Å². The van der Waals surface area contributed by atoms with Crippen LogP contribution in [0.4, 0.5) is 5.69 Å². The van der Waals surface area contributed by atoms with Crippen molar-refractivity contribution >= 4 is 11.6 Å². The van der Waals surface area contributed by atoms with E-state index in [0.29, 0.717) is 30.2 Å². The summed E-state index contributed by atoms with van der Waals surface area (Å²) in [5, 5.41) is 10.4. The lowest BCUT2D eigenvalue weighted by Gasteiger charge is -2.06. The van der Waals surface area contributed by atoms with Crippen LogP contribution in [0.25, 0.3) is 0 Å². The van der Waals surface area contributed by atoms with E-state index in [9.17, 15) is 4.79 Å². The Morgan fingerprint density at radius 2 is 2.39 bits per heavy atom. The van der Waals surface area contributed by atoms with Crippen LogP contribution in [0, 0.1) is 0 Å². The van der Waals surface area contributed by atoms with E-state index in [-0.39, 0.29) is 5.91 Å². The van der Waals surface area contributed by atoms with Crippen molar-refractivity contribution in [3.05, 3.63) is 42.0 Å². The number of carbonyl (C=O) groups excluding carboxylic acids is 1. The first-order chi connectivity index (χ1) is 8.70. The second-order valence-electron chi connectivity index (χ2n) is 3.84. The maximum Gasteiger partial charge on any atom is 0.268 e. The Hall–Kier alpha value is -2.37. The molecule has 2 aromatic heterocycles. The SMILES string of the molecule is CCn1cc(N)cc1C(=O)NCc1cccnn1. The van der Waals surface area contributed by atoms with Crippen LogP contribution in [-0.4, -0.2) is 20.7 Å². The lowest BCUT2D eigenvalue weighted by molar-refractivity contribution is 0.0941. The first-order valence-corrected chi connectivity index (χ1v) is 5.71. The predicted molar refractivity (Wildman–Crippen MR) is 67.7 cm³/mol. The molecule has 6 nitrogen and oxygen atoms in total. The summed E-state index contributed by atoms with van der Waals surface area (Å²) in [7, 11) is 0. The molecule has 2 heterocycles. The van der Waals surface area contributed by atoms with E-state index in [2.05, 4.69) is 15.5 Å². The van der Waals surface area contributed by atoms with Crippen molar-refractivity contribution in [3.8, 4) is 0 Å². The maximum absolute atomic E-state index is 12.0. The van der Waals surface area contributed by atoms with Gasteiger partial charge >= 0.3 is 0 Å². The molecule has 2 rings (SSSR count). The quantitative estimate of drug-likeness (QED) is 0.834. The molecule has 2 aromatic rings. The van der Waals surface area contributed by atoms with E-state index >= 15 is 0 Å². The molecule has 0 spiro atoms. The average molecular weight is 245 g/mol. The van der Waals surface area contributed by atoms with E-state index in [1.807, 2.05) is 6.92 Å². The third-order valence-electron chi connectivity index (χ3n) is 2.55. The second-order valence-corrected chi connectivity index (χ2v) is 3.84. The lowest BCUT2D eigenvalue weighted by atomic mass is 10.3. The van der Waals surface area contributed by atoms with Gasteiger partial charge in [-0.15, -0.1) is 0 Å². The molecule has 0 aliphatic heterocycles. The molecule has 3 N–H and O–H groups in total. The van der Waals surface area contributed by atoms with Crippen molar-refractivity contribution in [1.82, 2.24) is 20.1 Å². The van der Waals surface area contributed by atoms with Gasteiger partial charge in [0.1, 0.15) is 5.69 Å². The van der Waals surface area contributed by atoms with Gasteiger partial charge in [0.05, 0.1) is 17.9 Å². The Balaban J connectivity index is 2.04. The van der Waals surface area contributed by atoms with Gasteiger partial charge in [-0.2, -0.15) is 10.2 Å². The molecule has 0 unspecified atom stereocenters. The van der Waals surface area contributed by atoms with Gasteiger partial charge in [0.15, 0.2) is 0 Å². The number of nitrogens with two attached hydrogens (primary N) is 1. The van der Waals surface area contributed by atoms with Crippen LogP contribution in [-0.2, 0) is 13.1 Å². The van der Waals surface area contributed by atoms with Crippen LogP contribution in [0.3, 0.4) is 0 Å². The minimum Gasteiger partial charge on any atom is -0.397 e. The van der Waals surface area contributed by atoms with Crippen LogP contribution in [0.15, 0.2) is 30.6 Å². The molecule has 0 aliphatic rings. The maximum atomic E-state index is 12.0. The van der Waals surface area contributed by atoms with Crippen molar-refractivity contribution in [2.24, 2.45) is 0 Å². The number of carbonyl (C=O) groups is 1. The number of nitrogens with zero attached hydrogens (tertiary/aromatic N) is 3. The number of nitrogen functional groups attached to an aromatic ring is 1. The topological polar surface area (TPSA) is 85.8 Å². The van der Waals surface area contributed by atoms with Gasteiger partial charge in [0.2, 0.25) is 0 Å². The number of anilines is 1. The summed E-state index contributed by atoms with van der Waals surface area (Å²) in [4.78, 5) is 12.0. The van der Waals surface area contributed by atoms with Crippen LogP contribution in [0.1, 0.15) is 23.1 Å². The normalized spacial score (nSPS) is 10.3. The van der Waals surface area contributed by atoms with E-state index < -0.39 is 0 Å². The zero-order chi connectivity index (χ0) is 13.0. The minimum absolute atomic E-state index is 0.167. The Bertz CT molecular complexity index is 535. The number of nitrogens with one attached hydrogen (secondary N) is 1. The summed E-state index contributed by atoms with van der Waals surface area (Å²) < 4.78 is 1.81. The van der Waals surface area contributed by atoms with Gasteiger partial charge in [-0.1, -0.05) is 0 Å². The molecule has 0 aromatic carbocycles. The zero-order valence-corrected chi connectivity index (χ0v) is 10.1. The predicted octanol–water partition coefficient (Wildman–Crippen LogP) is 0.810. The minimum atomic E-state index is -0.167. The third-order valence-corrected chi connectivity index (χ3v) is 2.55. The lowest BCUT2D eigenvalue weighted by Crippen LogP contribution is -2.25. The summed E-state index contributed by atoms with van der Waals surface area (Å²) in [6.07, 6.45) is 3.34. The highest BCUT2D eigenvalue weighted by atomic mass is 16.1. The molecule has 6 heteroatoms. The molecule has 0 atom stereocenters. The summed E-state index contributed by atoms with van der Waals surface area (Å²) >= 11 is 0. The zero-order valence-electron chi connectivity index (χ0n) is 10.1. The molecule has 0 saturated heterocycles. The number of amides is 1. The smallest absolute Gasteiger partial charge is 0.268 e. The number of aryl methyl sites for hydroxylation is 1. The summed E-state index contributed by atoms with van der Waals surface area (Å²) in [6, 6.07) is 5.25. The molecular weight excluding hydrogens is 230 g/mol. The van der Waals surface area contributed by atoms with Crippen molar-refractivity contribution in [1.29, 1.82) is 0 Å². The molecule has 94 valence electrons. The van der Waals surface area contributed by atoms with Gasteiger partial charge < -0.3 is 15.6 Å². The first-order valence-electron chi connectivity index (χ1n) is 5.71. The fraction of sp³-hybridized carbons (Fsp3) is 0.250. The van der Waals surface area contributed by atoms with Crippen LogP contribution >= 0.6 is 0 Å². The summed E-state index contributed by atoms with van der Waals surface area (Å²) in [6.45, 7) is 3.01. The number of aromatic nitrogens is 3. The summed E-state index contributed by atoms with van der Waals surface area (Å²) in [5.74, 6) is -0.167. The van der Waals surface area contributed by atoms with Gasteiger partial charge in [0.25, 0.3) is 5.91 Å². The molecular formula is C12H15N5O. The van der Waals surface area contributed by atoms with Gasteiger partial charge in [-0.3, -0.25) is 4.79 Å². The number of hydrogen-bond acceptors (Lipinski definition) is 4. The highest BCUT2D eigenvalue weighted by Gasteiger charge is 2.11. The van der Waals surface area contributed by atoms with Crippen LogP contribution < -0.4 is 11.1 Å². The summed E-state index contributed by atoms with van der Waals surface area (Å²) in [5.41, 5.74) is 7.53. The highest BCUT2D eigenvalue weighted by molar-refractivity contribution is 5.93. The first kappa shape index (κ1) is 12.1. The fourth-order valence-corrected chi connectivity index (χ4v) is 1.67. The van der Waals surface area contributed by atoms with Crippen molar-refractivity contribution in [3.63, 3.8) is 0 Å². The number of hydrogen-bond donors (Lipinski definition) is 2. The van der Waals surface area contributed by atoms with Crippen molar-refractivity contribution < 1.29 is 4.79 Å². The Kier molecular flexibility index (Phi) is 3.57. The van der Waals surface area contributed by atoms with E-state index in [4.69, 9.17) is 5.73 Å². The molecule has 0 aliphatic carbocycles. The Morgan fingerprint density at radius 3 is 3.06 bits per heavy atom. The highest BCUT2D eigenvalue weighted by Crippen LogP contribution is 2.10. The van der Waals surface area contributed by atoms with Crippen molar-refractivity contribution in [2.45, 2.75) is 20.0 Å². The standard InChI is InChI=1S/C12H15N5O/c1-2-17-8-9(13)6-11(17)12(18)14-7-10-4-3-5-15-16-10/h3-6,8H,2,7,13H2,1H3,(H,14,18). The molecule has 0 fully saturated rings. The molecule has 0 bridgehead atoms. The van der Waals surface area contributed by atoms with Crippen LogP contribution in [0.5, 0.6) is 0 Å². The molecule has 0 saturated carbocycles. The largest absolute Gasteiger partial charge is 0.397 e. The second kappa shape index (κ2) is 5.31.